The smallest absolute Gasteiger partial charge is 0.407 e. The average Bonchev–Trinajstić information content (AvgIpc) is 3.22. The van der Waals surface area contributed by atoms with Crippen LogP contribution in [0, 0.1) is 17.6 Å². The summed E-state index contributed by atoms with van der Waals surface area (Å²) in [6.45, 7) is -0.319. The first kappa shape index (κ1) is 22.2. The summed E-state index contributed by atoms with van der Waals surface area (Å²) in [7, 11) is 0. The Balaban J connectivity index is 1.59. The van der Waals surface area contributed by atoms with Crippen LogP contribution in [0.3, 0.4) is 0 Å². The first-order chi connectivity index (χ1) is 15.7. The number of nitrogens with zero attached hydrogens (tertiary/aromatic N) is 4. The Morgan fingerprint density at radius 3 is 2.52 bits per heavy atom. The summed E-state index contributed by atoms with van der Waals surface area (Å²) in [5.74, 6) is -3.71. The lowest BCUT2D eigenvalue weighted by Crippen LogP contribution is -2.56. The highest BCUT2D eigenvalue weighted by Crippen LogP contribution is 2.28. The minimum atomic E-state index is -2.97. The van der Waals surface area contributed by atoms with Gasteiger partial charge in [0.2, 0.25) is 11.8 Å². The van der Waals surface area contributed by atoms with E-state index in [2.05, 4.69) is 10.2 Å². The highest BCUT2D eigenvalue weighted by molar-refractivity contribution is 5.96. The van der Waals surface area contributed by atoms with Crippen LogP contribution in [0.25, 0.3) is 11.5 Å². The van der Waals surface area contributed by atoms with Gasteiger partial charge in [0, 0.05) is 29.9 Å². The largest absolute Gasteiger partial charge is 0.465 e. The Morgan fingerprint density at radius 2 is 1.91 bits per heavy atom. The fourth-order valence-electron chi connectivity index (χ4n) is 3.37. The number of likely N-dealkylation sites (tertiary alicyclic amines) is 1. The highest BCUT2D eigenvalue weighted by atomic mass is 19.3. The second-order valence-electron chi connectivity index (χ2n) is 7.34. The van der Waals surface area contributed by atoms with Crippen molar-refractivity contribution in [1.82, 2.24) is 15.1 Å². The van der Waals surface area contributed by atoms with Gasteiger partial charge in [-0.3, -0.25) is 4.79 Å². The molecule has 12 heteroatoms. The Labute approximate surface area is 184 Å². The van der Waals surface area contributed by atoms with E-state index >= 15 is 0 Å². The molecule has 1 aliphatic heterocycles. The van der Waals surface area contributed by atoms with Crippen LogP contribution in [-0.4, -0.2) is 45.3 Å². The number of anilines is 1. The summed E-state index contributed by atoms with van der Waals surface area (Å²) in [5, 5.41) is 15.7. The molecule has 4 rings (SSSR count). The molecule has 2 aromatic carbocycles. The van der Waals surface area contributed by atoms with Crippen molar-refractivity contribution in [2.45, 2.75) is 13.0 Å². The Morgan fingerprint density at radius 1 is 1.15 bits per heavy atom. The summed E-state index contributed by atoms with van der Waals surface area (Å²) in [6, 6.07) is 8.86. The van der Waals surface area contributed by atoms with Crippen molar-refractivity contribution in [2.24, 2.45) is 5.92 Å². The summed E-state index contributed by atoms with van der Waals surface area (Å²) in [6.07, 6.45) is -4.13. The third kappa shape index (κ3) is 4.64. The number of halogens is 4. The van der Waals surface area contributed by atoms with E-state index in [4.69, 9.17) is 9.52 Å². The van der Waals surface area contributed by atoms with Crippen molar-refractivity contribution in [1.29, 1.82) is 0 Å². The van der Waals surface area contributed by atoms with Crippen LogP contribution in [0.1, 0.15) is 17.9 Å². The van der Waals surface area contributed by atoms with E-state index < -0.39 is 41.9 Å². The van der Waals surface area contributed by atoms with E-state index in [9.17, 15) is 27.2 Å². The number of carboxylic acid groups (broad SMARTS) is 1. The number of carbonyl (C=O) groups excluding carboxylic acids is 1. The van der Waals surface area contributed by atoms with Gasteiger partial charge in [-0.25, -0.2) is 13.6 Å². The molecule has 2 amide bonds. The predicted molar refractivity (Wildman–Crippen MR) is 105 cm³/mol. The van der Waals surface area contributed by atoms with Crippen LogP contribution < -0.4 is 4.90 Å². The molecule has 0 aliphatic carbocycles. The molecule has 0 bridgehead atoms. The van der Waals surface area contributed by atoms with Crippen molar-refractivity contribution in [3.8, 4) is 11.5 Å². The molecule has 0 unspecified atom stereocenters. The quantitative estimate of drug-likeness (QED) is 0.552. The molecule has 33 heavy (non-hydrogen) atoms. The zero-order chi connectivity index (χ0) is 23.7. The van der Waals surface area contributed by atoms with Crippen LogP contribution >= 0.6 is 0 Å². The number of alkyl halides is 2. The monoisotopic (exact) mass is 464 g/mol. The molecule has 0 atom stereocenters. The number of amides is 2. The van der Waals surface area contributed by atoms with Gasteiger partial charge in [-0.05, 0) is 30.3 Å². The highest BCUT2D eigenvalue weighted by Gasteiger charge is 2.38. The maximum absolute atomic E-state index is 14.8. The topological polar surface area (TPSA) is 99.8 Å². The third-order valence-corrected chi connectivity index (χ3v) is 5.14. The maximum atomic E-state index is 14.8. The van der Waals surface area contributed by atoms with Gasteiger partial charge in [-0.1, -0.05) is 12.1 Å². The zero-order valence-corrected chi connectivity index (χ0v) is 16.8. The number of carbonyl (C=O) groups is 2. The fraction of sp³-hybridized carbons (Fsp3) is 0.238. The molecule has 1 aliphatic rings. The molecule has 1 saturated heterocycles. The lowest BCUT2D eigenvalue weighted by Gasteiger charge is -2.38. The van der Waals surface area contributed by atoms with E-state index in [0.29, 0.717) is 0 Å². The van der Waals surface area contributed by atoms with Crippen molar-refractivity contribution < 1.29 is 36.7 Å². The fourth-order valence-corrected chi connectivity index (χ4v) is 3.37. The molecule has 0 saturated carbocycles. The summed E-state index contributed by atoms with van der Waals surface area (Å²) < 4.78 is 58.8. The van der Waals surface area contributed by atoms with Crippen molar-refractivity contribution in [3.63, 3.8) is 0 Å². The number of hydrogen-bond acceptors (Lipinski definition) is 5. The van der Waals surface area contributed by atoms with Crippen molar-refractivity contribution in [2.75, 3.05) is 18.0 Å². The number of hydrogen-bond donors (Lipinski definition) is 1. The summed E-state index contributed by atoms with van der Waals surface area (Å²) >= 11 is 0. The first-order valence-corrected chi connectivity index (χ1v) is 9.68. The lowest BCUT2D eigenvalue weighted by atomic mass is 9.98. The second-order valence-corrected chi connectivity index (χ2v) is 7.34. The molecule has 1 N–H and O–H groups in total. The molecule has 0 spiro atoms. The molecular weight excluding hydrogens is 448 g/mol. The van der Waals surface area contributed by atoms with Gasteiger partial charge < -0.3 is 19.3 Å². The number of aromatic nitrogens is 2. The van der Waals surface area contributed by atoms with E-state index in [0.717, 1.165) is 17.0 Å². The van der Waals surface area contributed by atoms with E-state index in [1.54, 1.807) is 0 Å². The Hall–Kier alpha value is -3.96. The molecular formula is C21H16F4N4O4. The minimum Gasteiger partial charge on any atom is -0.465 e. The summed E-state index contributed by atoms with van der Waals surface area (Å²) in [4.78, 5) is 26.3. The lowest BCUT2D eigenvalue weighted by molar-refractivity contribution is -0.126. The van der Waals surface area contributed by atoms with Gasteiger partial charge in [-0.2, -0.15) is 8.78 Å². The van der Waals surface area contributed by atoms with Crippen molar-refractivity contribution in [3.05, 3.63) is 65.6 Å². The summed E-state index contributed by atoms with van der Waals surface area (Å²) in [5.41, 5.74) is 0.297. The van der Waals surface area contributed by atoms with Gasteiger partial charge in [0.05, 0.1) is 12.5 Å². The third-order valence-electron chi connectivity index (χ3n) is 5.14. The number of benzene rings is 2. The van der Waals surface area contributed by atoms with Crippen LogP contribution in [0.5, 0.6) is 0 Å². The zero-order valence-electron chi connectivity index (χ0n) is 16.8. The standard InChI is InChI=1S/C21H16F4N4O4/c22-14-2-1-3-15(7-14)29(20(30)13-8-28(9-13)21(31)32)10-12-5-4-11(6-16(12)23)18-26-27-19(33-18)17(24)25/h1-7,13,17H,8-10H2,(H,31,32). The molecule has 0 radical (unpaired) electrons. The minimum absolute atomic E-state index is 0.0228. The Kier molecular flexibility index (Phi) is 5.99. The van der Waals surface area contributed by atoms with Gasteiger partial charge in [-0.15, -0.1) is 10.2 Å². The van der Waals surface area contributed by atoms with E-state index in [-0.39, 0.29) is 42.3 Å². The van der Waals surface area contributed by atoms with E-state index in [1.165, 1.54) is 35.2 Å². The molecule has 3 aromatic rings. The molecule has 1 fully saturated rings. The van der Waals surface area contributed by atoms with Crippen molar-refractivity contribution >= 4 is 17.7 Å². The van der Waals surface area contributed by atoms with E-state index in [1.807, 2.05) is 0 Å². The van der Waals surface area contributed by atoms with Gasteiger partial charge in [0.15, 0.2) is 0 Å². The predicted octanol–water partition coefficient (Wildman–Crippen LogP) is 4.10. The van der Waals surface area contributed by atoms with Gasteiger partial charge >= 0.3 is 12.5 Å². The van der Waals surface area contributed by atoms with Crippen LogP contribution in [0.2, 0.25) is 0 Å². The van der Waals surface area contributed by atoms with Crippen LogP contribution in [0.4, 0.5) is 28.0 Å². The average molecular weight is 464 g/mol. The molecule has 2 heterocycles. The molecule has 172 valence electrons. The van der Waals surface area contributed by atoms with Gasteiger partial charge in [0.25, 0.3) is 5.89 Å². The van der Waals surface area contributed by atoms with Crippen LogP contribution in [-0.2, 0) is 11.3 Å². The SMILES string of the molecule is O=C(O)N1CC(C(=O)N(Cc2ccc(-c3nnc(C(F)F)o3)cc2F)c2cccc(F)c2)C1. The molecule has 8 nitrogen and oxygen atoms in total. The normalized spacial score (nSPS) is 13.8. The molecule has 1 aromatic heterocycles. The van der Waals surface area contributed by atoms with Crippen LogP contribution in [0.15, 0.2) is 46.9 Å². The first-order valence-electron chi connectivity index (χ1n) is 9.68. The number of rotatable bonds is 6. The van der Waals surface area contributed by atoms with Gasteiger partial charge in [0.1, 0.15) is 11.6 Å². The maximum Gasteiger partial charge on any atom is 0.407 e. The Bertz CT molecular complexity index is 1200. The second kappa shape index (κ2) is 8.88.